The number of nitrogens with zero attached hydrogens (tertiary/aromatic N) is 2. The van der Waals surface area contributed by atoms with Gasteiger partial charge in [0.25, 0.3) is 11.8 Å². The highest BCUT2D eigenvalue weighted by atomic mass is 32.2. The van der Waals surface area contributed by atoms with Crippen molar-refractivity contribution in [3.05, 3.63) is 133 Å². The van der Waals surface area contributed by atoms with Crippen LogP contribution >= 0.6 is 0 Å². The average Bonchev–Trinajstić information content (AvgIpc) is 3.30. The highest BCUT2D eigenvalue weighted by Crippen LogP contribution is 2.37. The molecule has 0 unspecified atom stereocenters. The van der Waals surface area contributed by atoms with Crippen LogP contribution in [0.5, 0.6) is 0 Å². The second-order valence-corrected chi connectivity index (χ2v) is 22.9. The Morgan fingerprint density at radius 1 is 0.571 bits per heavy atom. The zero-order valence-electron chi connectivity index (χ0n) is 44.8. The lowest BCUT2D eigenvalue weighted by Gasteiger charge is -2.41. The minimum atomic E-state index is -5.91. The molecule has 6 rings (SSSR count). The summed E-state index contributed by atoms with van der Waals surface area (Å²) in [6.07, 6.45) is 0.0982. The van der Waals surface area contributed by atoms with Crippen molar-refractivity contribution in [1.82, 2.24) is 9.80 Å². The van der Waals surface area contributed by atoms with Crippen molar-refractivity contribution < 1.29 is 83.6 Å². The van der Waals surface area contributed by atoms with Crippen molar-refractivity contribution in [2.24, 2.45) is 5.41 Å². The molecule has 0 saturated heterocycles. The standard InChI is InChI=1S/C27H31NO5.C15H22F3NO6S.C12H11BO2.CO2/c1-26(2,3)32-24(30)22-16-21(17-23(29)28(22)25(31)33-27(4,5)6)20-14-12-19(13-15-20)18-10-8-7-9-11-18;1-13(2,3)10-7-9(25-26(22,23)15(16,17)18)8-11(20)19(10)12(21)24-14(4,5)6;14-13(15)12-8-6-11(7-9-12)10-4-2-1-3-5-10;2-1-3/h7-15,17,22H,16H2,1-6H3;8,10H,7H2,1-6H3;1-9,14-15H;/t22-;10-;;/m11../s1. The number of halogens is 3. The average molecular weight is 1090 g/mol. The molecule has 0 aliphatic carbocycles. The molecule has 2 aliphatic heterocycles. The third kappa shape index (κ3) is 19.9. The molecule has 2 heterocycles. The zero-order valence-corrected chi connectivity index (χ0v) is 45.6. The Kier molecular flexibility index (Phi) is 21.7. The van der Waals surface area contributed by atoms with Crippen LogP contribution in [-0.2, 0) is 52.5 Å². The van der Waals surface area contributed by atoms with Gasteiger partial charge in [0.1, 0.15) is 28.6 Å². The predicted octanol–water partition coefficient (Wildman–Crippen LogP) is 9.38. The Morgan fingerprint density at radius 2 is 0.948 bits per heavy atom. The Balaban J connectivity index is 0.000000314. The van der Waals surface area contributed by atoms with Gasteiger partial charge in [-0.25, -0.2) is 24.2 Å². The van der Waals surface area contributed by atoms with Gasteiger partial charge in [-0.05, 0) is 107 Å². The van der Waals surface area contributed by atoms with Crippen molar-refractivity contribution in [2.75, 3.05) is 0 Å². The van der Waals surface area contributed by atoms with Crippen molar-refractivity contribution in [1.29, 1.82) is 0 Å². The van der Waals surface area contributed by atoms with Crippen LogP contribution in [0, 0.1) is 5.41 Å². The Morgan fingerprint density at radius 3 is 1.34 bits per heavy atom. The summed E-state index contributed by atoms with van der Waals surface area (Å²) in [7, 11) is -7.31. The van der Waals surface area contributed by atoms with E-state index in [0.717, 1.165) is 37.6 Å². The molecule has 0 radical (unpaired) electrons. The normalized spacial score (nSPS) is 16.0. The number of benzene rings is 4. The Labute approximate surface area is 446 Å². The lowest BCUT2D eigenvalue weighted by molar-refractivity contribution is -0.191. The molecule has 77 heavy (non-hydrogen) atoms. The van der Waals surface area contributed by atoms with E-state index >= 15 is 0 Å². The van der Waals surface area contributed by atoms with E-state index in [1.165, 1.54) is 6.08 Å². The maximum Gasteiger partial charge on any atom is 0.534 e. The van der Waals surface area contributed by atoms with Crippen molar-refractivity contribution in [3.8, 4) is 22.3 Å². The van der Waals surface area contributed by atoms with E-state index in [1.807, 2.05) is 97.1 Å². The topological polar surface area (TPSA) is 237 Å². The van der Waals surface area contributed by atoms with Crippen LogP contribution in [0.1, 0.15) is 101 Å². The number of carbonyl (C=O) groups excluding carboxylic acids is 7. The second-order valence-electron chi connectivity index (χ2n) is 21.4. The molecule has 4 aromatic carbocycles. The first-order valence-electron chi connectivity index (χ1n) is 23.8. The number of ether oxygens (including phenoxy) is 3. The largest absolute Gasteiger partial charge is 0.534 e. The SMILES string of the molecule is CC(C)(C)OC(=O)N1C(=O)C=C(OS(=O)(=O)C(F)(F)F)C[C@@H]1C(C)(C)C.CC(C)(C)OC(=O)[C@H]1CC(c2ccc(-c3ccccc3)cc2)=CC(=O)N1C(=O)OC(C)(C)C.O=C=O.OB(O)c1ccc(-c2ccccc2)cc1. The number of amides is 4. The maximum absolute atomic E-state index is 13.0. The van der Waals surface area contributed by atoms with Gasteiger partial charge >= 0.3 is 47.1 Å². The number of alkyl halides is 3. The lowest BCUT2D eigenvalue weighted by atomic mass is 9.80. The minimum Gasteiger partial charge on any atom is -0.458 e. The van der Waals surface area contributed by atoms with Crippen LogP contribution < -0.4 is 5.46 Å². The molecule has 0 spiro atoms. The van der Waals surface area contributed by atoms with Gasteiger partial charge in [0.15, 0.2) is 0 Å². The molecule has 0 fully saturated rings. The predicted molar refractivity (Wildman–Crippen MR) is 279 cm³/mol. The molecule has 2 aliphatic rings. The number of rotatable bonds is 7. The first-order chi connectivity index (χ1) is 35.4. The lowest BCUT2D eigenvalue weighted by Crippen LogP contribution is -2.53. The molecule has 22 heteroatoms. The number of hydrogen-bond acceptors (Lipinski definition) is 15. The van der Waals surface area contributed by atoms with Crippen LogP contribution in [0.15, 0.2) is 127 Å². The fourth-order valence-electron chi connectivity index (χ4n) is 7.17. The van der Waals surface area contributed by atoms with E-state index in [-0.39, 0.29) is 12.6 Å². The third-order valence-corrected chi connectivity index (χ3v) is 11.5. The quantitative estimate of drug-likeness (QED) is 0.0576. The maximum atomic E-state index is 13.0. The highest BCUT2D eigenvalue weighted by molar-refractivity contribution is 7.87. The summed E-state index contributed by atoms with van der Waals surface area (Å²) in [4.78, 5) is 81.4. The van der Waals surface area contributed by atoms with E-state index in [9.17, 15) is 45.6 Å². The molecular weight excluding hydrogens is 1030 g/mol. The van der Waals surface area contributed by atoms with E-state index in [2.05, 4.69) is 4.18 Å². The van der Waals surface area contributed by atoms with Crippen LogP contribution in [0.3, 0.4) is 0 Å². The number of esters is 1. The third-order valence-electron chi connectivity index (χ3n) is 10.5. The second kappa shape index (κ2) is 26.1. The molecule has 414 valence electrons. The molecule has 2 N–H and O–H groups in total. The first kappa shape index (κ1) is 63.9. The van der Waals surface area contributed by atoms with Crippen molar-refractivity contribution in [3.63, 3.8) is 0 Å². The van der Waals surface area contributed by atoms with Gasteiger partial charge in [0, 0.05) is 25.0 Å². The molecular formula is C55H64BF3N2O15S. The van der Waals surface area contributed by atoms with Gasteiger partial charge in [-0.1, -0.05) is 130 Å². The van der Waals surface area contributed by atoms with Gasteiger partial charge in [-0.2, -0.15) is 31.2 Å². The van der Waals surface area contributed by atoms with Crippen LogP contribution in [0.25, 0.3) is 27.8 Å². The summed E-state index contributed by atoms with van der Waals surface area (Å²) < 4.78 is 80.0. The van der Waals surface area contributed by atoms with E-state index in [4.69, 9.17) is 33.8 Å². The number of hydrogen-bond donors (Lipinski definition) is 2. The van der Waals surface area contributed by atoms with Gasteiger partial charge < -0.3 is 28.4 Å². The highest BCUT2D eigenvalue weighted by Gasteiger charge is 2.51. The summed E-state index contributed by atoms with van der Waals surface area (Å²) in [5.41, 5.74) is -2.59. The molecule has 0 aromatic heterocycles. The van der Waals surface area contributed by atoms with Gasteiger partial charge in [0.05, 0.1) is 6.04 Å². The molecule has 2 atom stereocenters. The summed E-state index contributed by atoms with van der Waals surface area (Å²) in [5, 5.41) is 17.9. The van der Waals surface area contributed by atoms with Crippen molar-refractivity contribution in [2.45, 2.75) is 130 Å². The monoisotopic (exact) mass is 1090 g/mol. The summed E-state index contributed by atoms with van der Waals surface area (Å²) in [5.74, 6) is -2.95. The Hall–Kier alpha value is -7.39. The molecule has 4 amide bonds. The van der Waals surface area contributed by atoms with E-state index in [1.54, 1.807) is 95.2 Å². The summed E-state index contributed by atoms with van der Waals surface area (Å²) in [6.45, 7) is 20.0. The molecule has 0 bridgehead atoms. The smallest absolute Gasteiger partial charge is 0.458 e. The first-order valence-corrected chi connectivity index (χ1v) is 25.2. The number of imide groups is 2. The van der Waals surface area contributed by atoms with Crippen LogP contribution in [0.4, 0.5) is 22.8 Å². The number of carbonyl (C=O) groups is 5. The van der Waals surface area contributed by atoms with E-state index in [0.29, 0.717) is 17.1 Å². The van der Waals surface area contributed by atoms with E-state index < -0.39 is 99.2 Å². The van der Waals surface area contributed by atoms with Gasteiger partial charge in [0.2, 0.25) is 0 Å². The summed E-state index contributed by atoms with van der Waals surface area (Å²) in [6, 6.07) is 32.8. The van der Waals surface area contributed by atoms with Crippen molar-refractivity contribution >= 4 is 64.4 Å². The molecule has 0 saturated carbocycles. The van der Waals surface area contributed by atoms with Gasteiger partial charge in [-0.3, -0.25) is 9.59 Å². The Bertz CT molecular complexity index is 2900. The summed E-state index contributed by atoms with van der Waals surface area (Å²) >= 11 is 0. The molecule has 17 nitrogen and oxygen atoms in total. The zero-order chi connectivity index (χ0) is 58.5. The van der Waals surface area contributed by atoms with Crippen LogP contribution in [0.2, 0.25) is 0 Å². The minimum absolute atomic E-state index is 0.143. The van der Waals surface area contributed by atoms with Gasteiger partial charge in [-0.15, -0.1) is 0 Å². The fraction of sp³-hybridized carbons (Fsp3) is 0.382. The van der Waals surface area contributed by atoms with Crippen LogP contribution in [-0.4, -0.2) is 106 Å². The molecule has 4 aromatic rings. The fourth-order valence-corrected chi connectivity index (χ4v) is 7.67.